The van der Waals surface area contributed by atoms with E-state index in [1.807, 2.05) is 20.8 Å². The Balaban J connectivity index is 1.64. The van der Waals surface area contributed by atoms with Gasteiger partial charge in [0.2, 0.25) is 11.8 Å². The highest BCUT2D eigenvalue weighted by molar-refractivity contribution is 6.15. The molecule has 8 heteroatoms. The molecular weight excluding hydrogens is 402 g/mol. The maximum Gasteiger partial charge on any atom is 0.229 e. The molecule has 168 valence electrons. The number of imide groups is 1. The van der Waals surface area contributed by atoms with Gasteiger partial charge in [-0.1, -0.05) is 0 Å². The summed E-state index contributed by atoms with van der Waals surface area (Å²) in [6.45, 7) is 5.33. The number of rotatable bonds is 7. The molecule has 1 fully saturated rings. The molecule has 31 heavy (non-hydrogen) atoms. The highest BCUT2D eigenvalue weighted by Crippen LogP contribution is 2.32. The second kappa shape index (κ2) is 9.28. The lowest BCUT2D eigenvalue weighted by molar-refractivity contribution is -0.178. The molecule has 1 aliphatic carbocycles. The highest BCUT2D eigenvalue weighted by atomic mass is 16.6. The Morgan fingerprint density at radius 2 is 1.81 bits per heavy atom. The fraction of sp³-hybridized carbons (Fsp3) is 0.565. The minimum absolute atomic E-state index is 0.109. The molecule has 0 bridgehead atoms. The molecule has 1 saturated heterocycles. The minimum Gasteiger partial charge on any atom is -0.488 e. The number of carbonyl (C=O) groups is 4. The van der Waals surface area contributed by atoms with E-state index in [1.54, 1.807) is 12.1 Å². The van der Waals surface area contributed by atoms with Crippen LogP contribution in [0.2, 0.25) is 0 Å². The Morgan fingerprint density at radius 1 is 1.10 bits per heavy atom. The van der Waals surface area contributed by atoms with Crippen LogP contribution in [0.1, 0.15) is 73.6 Å². The summed E-state index contributed by atoms with van der Waals surface area (Å²) in [7, 11) is 0. The Labute approximate surface area is 181 Å². The molecule has 0 aromatic heterocycles. The molecule has 3 rings (SSSR count). The molecule has 0 spiro atoms. The molecule has 1 aromatic rings. The quantitative estimate of drug-likeness (QED) is 0.503. The molecule has 3 unspecified atom stereocenters. The van der Waals surface area contributed by atoms with Crippen LogP contribution in [0.25, 0.3) is 0 Å². The highest BCUT2D eigenvalue weighted by Gasteiger charge is 2.34. The number of hydrogen-bond donors (Lipinski definition) is 2. The van der Waals surface area contributed by atoms with Gasteiger partial charge in [0.05, 0.1) is 5.60 Å². The van der Waals surface area contributed by atoms with Crippen molar-refractivity contribution in [2.24, 2.45) is 11.8 Å². The van der Waals surface area contributed by atoms with Crippen molar-refractivity contribution >= 4 is 23.4 Å². The lowest BCUT2D eigenvalue weighted by Gasteiger charge is -2.26. The van der Waals surface area contributed by atoms with Gasteiger partial charge in [0.1, 0.15) is 12.4 Å². The molecule has 2 aliphatic rings. The van der Waals surface area contributed by atoms with Crippen molar-refractivity contribution in [3.8, 4) is 5.75 Å². The summed E-state index contributed by atoms with van der Waals surface area (Å²) in [5.41, 5.74) is 0.130. The number of aliphatic hydroxyl groups excluding tert-OH is 1. The molecule has 0 saturated carbocycles. The summed E-state index contributed by atoms with van der Waals surface area (Å²) in [5.74, 6) is -1.31. The number of amides is 2. The molecule has 1 aliphatic heterocycles. The number of ketones is 2. The van der Waals surface area contributed by atoms with E-state index in [0.717, 1.165) is 0 Å². The molecule has 3 atom stereocenters. The minimum atomic E-state index is -1.13. The molecule has 2 N–H and O–H groups in total. The number of carbonyl (C=O) groups excluding carboxylic acids is 4. The average molecular weight is 431 g/mol. The Bertz CT molecular complexity index is 886. The number of benzene rings is 1. The smallest absolute Gasteiger partial charge is 0.229 e. The second-order valence-corrected chi connectivity index (χ2v) is 9.12. The molecular formula is C23H29NO7. The lowest BCUT2D eigenvalue weighted by Crippen LogP contribution is -2.41. The largest absolute Gasteiger partial charge is 0.488 e. The van der Waals surface area contributed by atoms with E-state index in [9.17, 15) is 24.3 Å². The Hall–Kier alpha value is -2.58. The van der Waals surface area contributed by atoms with Crippen LogP contribution < -0.4 is 10.1 Å². The van der Waals surface area contributed by atoms with Crippen molar-refractivity contribution < 1.29 is 33.8 Å². The van der Waals surface area contributed by atoms with Gasteiger partial charge in [0.25, 0.3) is 0 Å². The summed E-state index contributed by atoms with van der Waals surface area (Å²) in [5, 5.41) is 12.3. The number of nitrogens with one attached hydrogen (secondary N) is 1. The average Bonchev–Trinajstić information content (AvgIpc) is 2.67. The number of piperidine rings is 1. The van der Waals surface area contributed by atoms with Crippen molar-refractivity contribution in [2.75, 3.05) is 6.61 Å². The number of hydrogen-bond acceptors (Lipinski definition) is 7. The lowest BCUT2D eigenvalue weighted by atomic mass is 9.78. The molecule has 1 aromatic carbocycles. The predicted octanol–water partition coefficient (Wildman–Crippen LogP) is 2.42. The second-order valence-electron chi connectivity index (χ2n) is 9.12. The summed E-state index contributed by atoms with van der Waals surface area (Å²) in [6, 6.07) is 4.69. The Kier molecular flexibility index (Phi) is 6.91. The molecule has 0 radical (unpaired) electrons. The van der Waals surface area contributed by atoms with Crippen LogP contribution >= 0.6 is 0 Å². The van der Waals surface area contributed by atoms with Gasteiger partial charge in [0, 0.05) is 35.8 Å². The topological polar surface area (TPSA) is 119 Å². The standard InChI is InChI=1S/C23H29NO7/c1-23(2,3)31-20(27)12-30-15-7-8-16-17(11-15)21(28)14(10-18(16)25)5-4-13-6-9-19(26)24-22(13)29/h7-8,11,13-14,20,27H,4-6,9-10,12H2,1-3H3,(H,24,26,29). The van der Waals surface area contributed by atoms with E-state index in [2.05, 4.69) is 5.32 Å². The van der Waals surface area contributed by atoms with Gasteiger partial charge in [-0.25, -0.2) is 0 Å². The van der Waals surface area contributed by atoms with Crippen LogP contribution in [-0.4, -0.2) is 47.0 Å². The van der Waals surface area contributed by atoms with Gasteiger partial charge in [-0.2, -0.15) is 0 Å². The first-order valence-electron chi connectivity index (χ1n) is 10.6. The monoisotopic (exact) mass is 431 g/mol. The number of aliphatic hydroxyl groups is 1. The van der Waals surface area contributed by atoms with Gasteiger partial charge in [-0.3, -0.25) is 24.5 Å². The van der Waals surface area contributed by atoms with Crippen LogP contribution in [0.5, 0.6) is 5.75 Å². The van der Waals surface area contributed by atoms with Crippen molar-refractivity contribution in [1.29, 1.82) is 0 Å². The van der Waals surface area contributed by atoms with E-state index in [-0.39, 0.29) is 42.3 Å². The SMILES string of the molecule is CC(C)(C)OC(O)COc1ccc2c(c1)C(=O)C(CCC1CCC(=O)NC1=O)CC2=O. The zero-order valence-corrected chi connectivity index (χ0v) is 18.1. The van der Waals surface area contributed by atoms with E-state index < -0.39 is 17.8 Å². The first kappa shape index (κ1) is 23.1. The first-order chi connectivity index (χ1) is 14.5. The van der Waals surface area contributed by atoms with Crippen molar-refractivity contribution in [3.63, 3.8) is 0 Å². The zero-order valence-electron chi connectivity index (χ0n) is 18.1. The van der Waals surface area contributed by atoms with Gasteiger partial charge in [-0.15, -0.1) is 0 Å². The van der Waals surface area contributed by atoms with Crippen LogP contribution in [-0.2, 0) is 14.3 Å². The maximum absolute atomic E-state index is 13.0. The number of Topliss-reactive ketones (excluding diaryl/α,β-unsaturated/α-hetero) is 2. The fourth-order valence-corrected chi connectivity index (χ4v) is 3.97. The van der Waals surface area contributed by atoms with E-state index in [1.165, 1.54) is 6.07 Å². The van der Waals surface area contributed by atoms with Gasteiger partial charge < -0.3 is 14.6 Å². The van der Waals surface area contributed by atoms with Crippen LogP contribution in [0.4, 0.5) is 0 Å². The summed E-state index contributed by atoms with van der Waals surface area (Å²) >= 11 is 0. The third-order valence-corrected chi connectivity index (χ3v) is 5.46. The number of ether oxygens (including phenoxy) is 2. The molecule has 8 nitrogen and oxygen atoms in total. The van der Waals surface area contributed by atoms with Gasteiger partial charge in [-0.05, 0) is 58.2 Å². The number of fused-ring (bicyclic) bond motifs is 1. The fourth-order valence-electron chi connectivity index (χ4n) is 3.97. The predicted molar refractivity (Wildman–Crippen MR) is 111 cm³/mol. The zero-order chi connectivity index (χ0) is 22.8. The van der Waals surface area contributed by atoms with E-state index in [4.69, 9.17) is 9.47 Å². The first-order valence-corrected chi connectivity index (χ1v) is 10.6. The maximum atomic E-state index is 13.0. The van der Waals surface area contributed by atoms with Gasteiger partial charge in [0.15, 0.2) is 17.9 Å². The van der Waals surface area contributed by atoms with Crippen molar-refractivity contribution in [2.45, 2.75) is 64.8 Å². The van der Waals surface area contributed by atoms with Gasteiger partial charge >= 0.3 is 0 Å². The summed E-state index contributed by atoms with van der Waals surface area (Å²) < 4.78 is 10.9. The normalized spacial score (nSPS) is 22.7. The third kappa shape index (κ3) is 5.98. The van der Waals surface area contributed by atoms with E-state index in [0.29, 0.717) is 42.6 Å². The van der Waals surface area contributed by atoms with Crippen molar-refractivity contribution in [3.05, 3.63) is 29.3 Å². The third-order valence-electron chi connectivity index (χ3n) is 5.46. The van der Waals surface area contributed by atoms with Crippen LogP contribution in [0.15, 0.2) is 18.2 Å². The molecule has 1 heterocycles. The summed E-state index contributed by atoms with van der Waals surface area (Å²) in [6.07, 6.45) is 0.589. The van der Waals surface area contributed by atoms with Crippen LogP contribution in [0, 0.1) is 11.8 Å². The Morgan fingerprint density at radius 3 is 2.48 bits per heavy atom. The summed E-state index contributed by atoms with van der Waals surface area (Å²) in [4.78, 5) is 48.8. The van der Waals surface area contributed by atoms with Crippen LogP contribution in [0.3, 0.4) is 0 Å². The molecule has 2 amide bonds. The van der Waals surface area contributed by atoms with Crippen molar-refractivity contribution in [1.82, 2.24) is 5.32 Å². The van der Waals surface area contributed by atoms with E-state index >= 15 is 0 Å².